The average Bonchev–Trinajstić information content (AvgIpc) is 2.04. The molecule has 0 aliphatic rings. The van der Waals surface area contributed by atoms with Gasteiger partial charge in [-0.1, -0.05) is 13.1 Å². The predicted octanol–water partition coefficient (Wildman–Crippen LogP) is 1.65. The Labute approximate surface area is 81.1 Å². The van der Waals surface area contributed by atoms with Crippen LogP contribution in [0.15, 0.2) is 0 Å². The van der Waals surface area contributed by atoms with Crippen LogP contribution >= 0.6 is 0 Å². The van der Waals surface area contributed by atoms with Crippen molar-refractivity contribution in [2.24, 2.45) is 0 Å². The lowest BCUT2D eigenvalue weighted by molar-refractivity contribution is -0.143. The molecule has 0 aliphatic carbocycles. The van der Waals surface area contributed by atoms with E-state index in [1.165, 1.54) is 0 Å². The van der Waals surface area contributed by atoms with E-state index in [9.17, 15) is 9.59 Å². The summed E-state index contributed by atoms with van der Waals surface area (Å²) in [5, 5.41) is 0. The van der Waals surface area contributed by atoms with Crippen LogP contribution in [0.2, 0.25) is 19.1 Å². The zero-order valence-corrected chi connectivity index (χ0v) is 9.34. The number of ether oxygens (including phenoxy) is 1. The van der Waals surface area contributed by atoms with E-state index < -0.39 is 0 Å². The number of hydrogen-bond acceptors (Lipinski definition) is 3. The van der Waals surface area contributed by atoms with Gasteiger partial charge in [-0.15, -0.1) is 0 Å². The molecular weight excluding hydrogens is 184 g/mol. The molecule has 0 aromatic carbocycles. The summed E-state index contributed by atoms with van der Waals surface area (Å²) >= 11 is 0. The highest BCUT2D eigenvalue weighted by atomic mass is 28.3. The first-order valence-electron chi connectivity index (χ1n) is 4.55. The minimum Gasteiger partial charge on any atom is -0.466 e. The maximum atomic E-state index is 11.0. The van der Waals surface area contributed by atoms with Crippen LogP contribution in [0.1, 0.15) is 19.3 Å². The van der Waals surface area contributed by atoms with Gasteiger partial charge in [-0.2, -0.15) is 0 Å². The molecule has 0 rings (SSSR count). The van der Waals surface area contributed by atoms with Gasteiger partial charge < -0.3 is 9.53 Å². The first-order chi connectivity index (χ1) is 6.16. The van der Waals surface area contributed by atoms with Crippen molar-refractivity contribution in [1.82, 2.24) is 0 Å². The number of esters is 1. The van der Waals surface area contributed by atoms with Crippen molar-refractivity contribution >= 4 is 21.1 Å². The fourth-order valence-electron chi connectivity index (χ4n) is 0.771. The molecule has 0 fully saturated rings. The van der Waals surface area contributed by atoms with E-state index in [0.717, 1.165) is 12.3 Å². The Bertz CT molecular complexity index is 157. The Morgan fingerprint density at radius 1 is 1.46 bits per heavy atom. The summed E-state index contributed by atoms with van der Waals surface area (Å²) in [5.41, 5.74) is 0. The second kappa shape index (κ2) is 7.98. The summed E-state index contributed by atoms with van der Waals surface area (Å²) in [4.78, 5) is 20.9. The first-order valence-corrected chi connectivity index (χ1v) is 7.26. The predicted molar refractivity (Wildman–Crippen MR) is 53.2 cm³/mol. The van der Waals surface area contributed by atoms with Crippen LogP contribution in [0.5, 0.6) is 0 Å². The first kappa shape index (κ1) is 12.4. The second-order valence-corrected chi connectivity index (χ2v) is 6.15. The van der Waals surface area contributed by atoms with Crippen molar-refractivity contribution in [3.05, 3.63) is 0 Å². The number of aldehydes is 1. The number of rotatable bonds is 7. The summed E-state index contributed by atoms with van der Waals surface area (Å²) in [6.07, 6.45) is 2.25. The lowest BCUT2D eigenvalue weighted by atomic mass is 10.2. The molecule has 0 atom stereocenters. The zero-order valence-electron chi connectivity index (χ0n) is 8.34. The van der Waals surface area contributed by atoms with Gasteiger partial charge in [0.1, 0.15) is 6.29 Å². The van der Waals surface area contributed by atoms with Gasteiger partial charge in [-0.3, -0.25) is 4.79 Å². The third kappa shape index (κ3) is 9.27. The molecule has 0 aliphatic heterocycles. The van der Waals surface area contributed by atoms with Crippen LogP contribution in [0, 0.1) is 0 Å². The molecule has 0 N–H and O–H groups in total. The molecule has 0 saturated carbocycles. The van der Waals surface area contributed by atoms with E-state index in [0.29, 0.717) is 25.9 Å². The molecule has 1 radical (unpaired) electrons. The fraction of sp³-hybridized carbons (Fsp3) is 0.778. The minimum absolute atomic E-state index is 0.176. The highest BCUT2D eigenvalue weighted by molar-refractivity contribution is 6.55. The van der Waals surface area contributed by atoms with Crippen LogP contribution < -0.4 is 0 Å². The van der Waals surface area contributed by atoms with Gasteiger partial charge >= 0.3 is 5.97 Å². The summed E-state index contributed by atoms with van der Waals surface area (Å²) in [5.74, 6) is -0.176. The van der Waals surface area contributed by atoms with E-state index in [2.05, 4.69) is 13.1 Å². The molecule has 0 aromatic rings. The van der Waals surface area contributed by atoms with Gasteiger partial charge in [0, 0.05) is 21.6 Å². The van der Waals surface area contributed by atoms with Gasteiger partial charge in [0.15, 0.2) is 0 Å². The van der Waals surface area contributed by atoms with E-state index in [1.54, 1.807) is 0 Å². The molecule has 0 amide bonds. The highest BCUT2D eigenvalue weighted by Gasteiger charge is 2.03. The maximum absolute atomic E-state index is 11.0. The van der Waals surface area contributed by atoms with Gasteiger partial charge in [0.05, 0.1) is 6.61 Å². The lowest BCUT2D eigenvalue weighted by Crippen LogP contribution is -2.10. The van der Waals surface area contributed by atoms with Gasteiger partial charge in [0.2, 0.25) is 0 Å². The lowest BCUT2D eigenvalue weighted by Gasteiger charge is -2.04. The van der Waals surface area contributed by atoms with E-state index in [-0.39, 0.29) is 14.8 Å². The molecule has 13 heavy (non-hydrogen) atoms. The topological polar surface area (TPSA) is 43.4 Å². The molecule has 0 saturated heterocycles. The molecule has 0 bridgehead atoms. The molecule has 3 nitrogen and oxygen atoms in total. The minimum atomic E-state index is -0.288. The summed E-state index contributed by atoms with van der Waals surface area (Å²) in [6.45, 7) is 4.91. The van der Waals surface area contributed by atoms with E-state index in [4.69, 9.17) is 4.74 Å². The SMILES string of the molecule is C[Si](C)CCOC(=O)CCCC=O. The van der Waals surface area contributed by atoms with Crippen molar-refractivity contribution in [2.45, 2.75) is 38.4 Å². The second-order valence-electron chi connectivity index (χ2n) is 3.24. The van der Waals surface area contributed by atoms with Crippen LogP contribution in [0.4, 0.5) is 0 Å². The fourth-order valence-corrected chi connectivity index (χ4v) is 1.28. The van der Waals surface area contributed by atoms with Crippen LogP contribution in [0.25, 0.3) is 0 Å². The molecule has 0 aromatic heterocycles. The molecule has 75 valence electrons. The summed E-state index contributed by atoms with van der Waals surface area (Å²) in [7, 11) is -0.288. The van der Waals surface area contributed by atoms with Crippen LogP contribution in [-0.4, -0.2) is 27.7 Å². The Morgan fingerprint density at radius 3 is 2.69 bits per heavy atom. The van der Waals surface area contributed by atoms with Crippen LogP contribution in [-0.2, 0) is 14.3 Å². The number of unbranched alkanes of at least 4 members (excludes halogenated alkanes) is 1. The maximum Gasteiger partial charge on any atom is 0.305 e. The Morgan fingerprint density at radius 2 is 2.15 bits per heavy atom. The smallest absolute Gasteiger partial charge is 0.305 e. The highest BCUT2D eigenvalue weighted by Crippen LogP contribution is 1.98. The van der Waals surface area contributed by atoms with Crippen molar-refractivity contribution in [1.29, 1.82) is 0 Å². The van der Waals surface area contributed by atoms with Gasteiger partial charge in [0.25, 0.3) is 0 Å². The largest absolute Gasteiger partial charge is 0.466 e. The average molecular weight is 201 g/mol. The Hall–Kier alpha value is -0.643. The van der Waals surface area contributed by atoms with E-state index >= 15 is 0 Å². The zero-order chi connectivity index (χ0) is 10.1. The van der Waals surface area contributed by atoms with Crippen molar-refractivity contribution < 1.29 is 14.3 Å². The van der Waals surface area contributed by atoms with Gasteiger partial charge in [-0.05, 0) is 12.5 Å². The van der Waals surface area contributed by atoms with Crippen molar-refractivity contribution in [3.8, 4) is 0 Å². The number of carbonyl (C=O) groups is 2. The molecule has 0 unspecified atom stereocenters. The quantitative estimate of drug-likeness (QED) is 0.272. The standard InChI is InChI=1S/C9H17O3Si/c1-13(2)8-7-12-9(11)5-3-4-6-10/h6H,3-5,7-8H2,1-2H3. The third-order valence-electron chi connectivity index (χ3n) is 1.57. The molecular formula is C9H17O3Si. The van der Waals surface area contributed by atoms with Crippen LogP contribution in [0.3, 0.4) is 0 Å². The van der Waals surface area contributed by atoms with Gasteiger partial charge in [-0.25, -0.2) is 0 Å². The normalized spacial score (nSPS) is 10.1. The molecule has 0 spiro atoms. The van der Waals surface area contributed by atoms with Crippen molar-refractivity contribution in [3.63, 3.8) is 0 Å². The summed E-state index contributed by atoms with van der Waals surface area (Å²) < 4.78 is 4.97. The number of hydrogen-bond donors (Lipinski definition) is 0. The third-order valence-corrected chi connectivity index (χ3v) is 2.77. The van der Waals surface area contributed by atoms with Crippen molar-refractivity contribution in [2.75, 3.05) is 6.61 Å². The van der Waals surface area contributed by atoms with E-state index in [1.807, 2.05) is 0 Å². The Kier molecular flexibility index (Phi) is 7.58. The molecule has 4 heteroatoms. The number of carbonyl (C=O) groups excluding carboxylic acids is 2. The molecule has 0 heterocycles. The monoisotopic (exact) mass is 201 g/mol. The summed E-state index contributed by atoms with van der Waals surface area (Å²) in [6, 6.07) is 1.00. The Balaban J connectivity index is 3.25.